The Morgan fingerprint density at radius 1 is 1.37 bits per heavy atom. The first-order chi connectivity index (χ1) is 9.10. The van der Waals surface area contributed by atoms with E-state index in [2.05, 4.69) is 0 Å². The minimum atomic E-state index is -0.0962. The van der Waals surface area contributed by atoms with Gasteiger partial charge in [-0.3, -0.25) is 0 Å². The lowest BCUT2D eigenvalue weighted by atomic mass is 9.87. The molecule has 1 saturated carbocycles. The molecule has 4 nitrogen and oxygen atoms in total. The number of nitrogens with two attached hydrogens (primary N) is 1. The van der Waals surface area contributed by atoms with Gasteiger partial charge in [-0.05, 0) is 19.8 Å². The maximum atomic E-state index is 6.30. The number of fused-ring (bicyclic) bond motifs is 1. The molecule has 0 aromatic heterocycles. The average molecular weight is 284 g/mol. The van der Waals surface area contributed by atoms with E-state index in [9.17, 15) is 0 Å². The van der Waals surface area contributed by atoms with Gasteiger partial charge >= 0.3 is 0 Å². The summed E-state index contributed by atoms with van der Waals surface area (Å²) in [7, 11) is 1.62. The van der Waals surface area contributed by atoms with E-state index in [1.54, 1.807) is 13.2 Å². The van der Waals surface area contributed by atoms with E-state index < -0.39 is 0 Å². The largest absolute Gasteiger partial charge is 0.495 e. The van der Waals surface area contributed by atoms with Gasteiger partial charge in [-0.1, -0.05) is 11.6 Å². The van der Waals surface area contributed by atoms with Gasteiger partial charge in [-0.2, -0.15) is 0 Å². The van der Waals surface area contributed by atoms with Crippen LogP contribution in [0.5, 0.6) is 17.2 Å². The van der Waals surface area contributed by atoms with E-state index in [4.69, 9.17) is 31.5 Å². The van der Waals surface area contributed by atoms with Crippen molar-refractivity contribution >= 4 is 11.6 Å². The summed E-state index contributed by atoms with van der Waals surface area (Å²) in [5, 5.41) is 0.550. The molecule has 5 heteroatoms. The predicted octanol–water partition coefficient (Wildman–Crippen LogP) is 2.50. The number of hydrogen-bond acceptors (Lipinski definition) is 4. The fraction of sp³-hybridized carbons (Fsp3) is 0.571. The number of rotatable bonds is 3. The lowest BCUT2D eigenvalue weighted by Crippen LogP contribution is -2.33. The zero-order valence-electron chi connectivity index (χ0n) is 11.2. The topological polar surface area (TPSA) is 53.7 Å². The highest BCUT2D eigenvalue weighted by Crippen LogP contribution is 2.60. The zero-order chi connectivity index (χ0) is 13.6. The van der Waals surface area contributed by atoms with Crippen LogP contribution in [0.25, 0.3) is 0 Å². The number of halogens is 1. The third kappa shape index (κ3) is 1.85. The standard InChI is InChI=1S/C14H18ClNO3/c1-8(16)14(3-4-14)11-12(17-2)9(15)7-10-13(11)19-6-5-18-10/h7-8H,3-6,16H2,1-2H3. The molecule has 1 aliphatic carbocycles. The van der Waals surface area contributed by atoms with Crippen LogP contribution < -0.4 is 19.9 Å². The molecule has 2 N–H and O–H groups in total. The molecule has 1 aliphatic heterocycles. The molecule has 0 amide bonds. The summed E-state index contributed by atoms with van der Waals surface area (Å²) in [6.07, 6.45) is 2.05. The maximum Gasteiger partial charge on any atom is 0.168 e. The minimum absolute atomic E-state index is 0.0227. The molecule has 0 saturated heterocycles. The summed E-state index contributed by atoms with van der Waals surface area (Å²) in [4.78, 5) is 0. The Labute approximate surface area is 117 Å². The van der Waals surface area contributed by atoms with Crippen LogP contribution >= 0.6 is 11.6 Å². The van der Waals surface area contributed by atoms with Crippen LogP contribution in [0.2, 0.25) is 5.02 Å². The maximum absolute atomic E-state index is 6.30. The zero-order valence-corrected chi connectivity index (χ0v) is 11.9. The number of methoxy groups -OCH3 is 1. The fourth-order valence-corrected chi connectivity index (χ4v) is 3.13. The van der Waals surface area contributed by atoms with Crippen molar-refractivity contribution in [3.05, 3.63) is 16.7 Å². The smallest absolute Gasteiger partial charge is 0.168 e. The molecule has 0 bridgehead atoms. The van der Waals surface area contributed by atoms with Crippen LogP contribution in [0, 0.1) is 0 Å². The van der Waals surface area contributed by atoms with Crippen LogP contribution in [-0.2, 0) is 5.41 Å². The van der Waals surface area contributed by atoms with Crippen LogP contribution in [0.4, 0.5) is 0 Å². The van der Waals surface area contributed by atoms with Crippen molar-refractivity contribution < 1.29 is 14.2 Å². The minimum Gasteiger partial charge on any atom is -0.495 e. The van der Waals surface area contributed by atoms with Crippen molar-refractivity contribution in [3.63, 3.8) is 0 Å². The molecule has 0 radical (unpaired) electrons. The Balaban J connectivity index is 2.23. The molecule has 0 spiro atoms. The van der Waals surface area contributed by atoms with Crippen molar-refractivity contribution in [2.45, 2.75) is 31.2 Å². The Morgan fingerprint density at radius 2 is 2.05 bits per heavy atom. The number of benzene rings is 1. The Bertz CT molecular complexity index is 512. The number of ether oxygens (including phenoxy) is 3. The summed E-state index contributed by atoms with van der Waals surface area (Å²) >= 11 is 6.30. The van der Waals surface area contributed by atoms with Crippen molar-refractivity contribution in [1.82, 2.24) is 0 Å². The van der Waals surface area contributed by atoms with Gasteiger partial charge in [0.15, 0.2) is 11.5 Å². The van der Waals surface area contributed by atoms with Crippen LogP contribution in [-0.4, -0.2) is 26.4 Å². The first-order valence-corrected chi connectivity index (χ1v) is 6.90. The van der Waals surface area contributed by atoms with Crippen LogP contribution in [0.1, 0.15) is 25.3 Å². The van der Waals surface area contributed by atoms with Gasteiger partial charge in [-0.25, -0.2) is 0 Å². The van der Waals surface area contributed by atoms with Crippen molar-refractivity contribution in [2.24, 2.45) is 5.73 Å². The highest BCUT2D eigenvalue weighted by Gasteiger charge is 2.52. The first-order valence-electron chi connectivity index (χ1n) is 6.52. The molecular formula is C14H18ClNO3. The molecule has 19 heavy (non-hydrogen) atoms. The van der Waals surface area contributed by atoms with E-state index in [1.807, 2.05) is 6.92 Å². The summed E-state index contributed by atoms with van der Waals surface area (Å²) in [5.41, 5.74) is 7.06. The van der Waals surface area contributed by atoms with E-state index in [0.29, 0.717) is 29.7 Å². The van der Waals surface area contributed by atoms with Gasteiger partial charge in [0.2, 0.25) is 0 Å². The molecular weight excluding hydrogens is 266 g/mol. The third-order valence-corrected chi connectivity index (χ3v) is 4.38. The third-order valence-electron chi connectivity index (χ3n) is 4.10. The van der Waals surface area contributed by atoms with Gasteiger partial charge in [0.25, 0.3) is 0 Å². The molecule has 3 rings (SSSR count). The molecule has 1 heterocycles. The Hall–Kier alpha value is -1.13. The lowest BCUT2D eigenvalue weighted by molar-refractivity contribution is 0.167. The van der Waals surface area contributed by atoms with Gasteiger partial charge in [0.05, 0.1) is 12.1 Å². The Morgan fingerprint density at radius 3 is 2.63 bits per heavy atom. The van der Waals surface area contributed by atoms with Gasteiger partial charge in [0.1, 0.15) is 19.0 Å². The molecule has 1 aromatic rings. The highest BCUT2D eigenvalue weighted by atomic mass is 35.5. The molecule has 1 aromatic carbocycles. The fourth-order valence-electron chi connectivity index (χ4n) is 2.86. The van der Waals surface area contributed by atoms with E-state index in [0.717, 1.165) is 24.2 Å². The van der Waals surface area contributed by atoms with Crippen LogP contribution in [0.15, 0.2) is 6.07 Å². The molecule has 1 unspecified atom stereocenters. The quantitative estimate of drug-likeness (QED) is 0.926. The molecule has 1 atom stereocenters. The summed E-state index contributed by atoms with van der Waals surface area (Å²) in [6.45, 7) is 3.10. The summed E-state index contributed by atoms with van der Waals surface area (Å²) in [6, 6.07) is 1.78. The highest BCUT2D eigenvalue weighted by molar-refractivity contribution is 6.32. The second-order valence-electron chi connectivity index (χ2n) is 5.24. The van der Waals surface area contributed by atoms with Gasteiger partial charge in [0, 0.05) is 23.1 Å². The summed E-state index contributed by atoms with van der Waals surface area (Å²) < 4.78 is 16.9. The predicted molar refractivity (Wildman–Crippen MR) is 73.6 cm³/mol. The first kappa shape index (κ1) is 12.9. The SMILES string of the molecule is COc1c(Cl)cc2c(c1C1(C(C)N)CC1)OCCO2. The van der Waals surface area contributed by atoms with E-state index in [1.165, 1.54) is 0 Å². The molecule has 1 fully saturated rings. The number of hydrogen-bond donors (Lipinski definition) is 1. The van der Waals surface area contributed by atoms with Gasteiger partial charge in [-0.15, -0.1) is 0 Å². The van der Waals surface area contributed by atoms with Gasteiger partial charge < -0.3 is 19.9 Å². The second-order valence-corrected chi connectivity index (χ2v) is 5.64. The lowest BCUT2D eigenvalue weighted by Gasteiger charge is -2.29. The molecule has 2 aliphatic rings. The average Bonchev–Trinajstić information content (AvgIpc) is 3.18. The normalized spacial score (nSPS) is 20.8. The van der Waals surface area contributed by atoms with E-state index >= 15 is 0 Å². The summed E-state index contributed by atoms with van der Waals surface area (Å²) in [5.74, 6) is 2.11. The van der Waals surface area contributed by atoms with Crippen LogP contribution in [0.3, 0.4) is 0 Å². The van der Waals surface area contributed by atoms with Crippen molar-refractivity contribution in [3.8, 4) is 17.2 Å². The van der Waals surface area contributed by atoms with Crippen molar-refractivity contribution in [1.29, 1.82) is 0 Å². The molecule has 104 valence electrons. The second kappa shape index (κ2) is 4.46. The monoisotopic (exact) mass is 283 g/mol. The van der Waals surface area contributed by atoms with Crippen molar-refractivity contribution in [2.75, 3.05) is 20.3 Å². The van der Waals surface area contributed by atoms with E-state index in [-0.39, 0.29) is 11.5 Å². The Kier molecular flexibility index (Phi) is 3.02.